The second-order valence-electron chi connectivity index (χ2n) is 3.72. The van der Waals surface area contributed by atoms with Gasteiger partial charge in [0.05, 0.1) is 12.5 Å². The maximum absolute atomic E-state index is 6.09. The molecule has 0 atom stereocenters. The summed E-state index contributed by atoms with van der Waals surface area (Å²) in [5, 5.41) is 0. The second-order valence-corrected chi connectivity index (χ2v) is 3.72. The topological polar surface area (TPSA) is 56.5 Å². The Balaban J connectivity index is 2.36. The van der Waals surface area contributed by atoms with Crippen LogP contribution in [0.4, 0.5) is 5.82 Å². The molecule has 0 saturated heterocycles. The molecule has 0 spiro atoms. The molecule has 0 aromatic carbocycles. The quantitative estimate of drug-likeness (QED) is 0.675. The normalized spacial score (nSPS) is 11.1. The molecule has 16 heavy (non-hydrogen) atoms. The van der Waals surface area contributed by atoms with Gasteiger partial charge in [-0.05, 0) is 25.1 Å². The maximum Gasteiger partial charge on any atom is 0.139 e. The van der Waals surface area contributed by atoms with Crippen LogP contribution in [-0.2, 0) is 0 Å². The molecule has 0 bridgehead atoms. The Hall–Kier alpha value is -2.23. The number of aryl methyl sites for hydroxylation is 1. The molecule has 0 aliphatic rings. The Labute approximate surface area is 92.3 Å². The molecule has 3 aromatic rings. The average Bonchev–Trinajstić information content (AvgIpc) is 2.86. The van der Waals surface area contributed by atoms with E-state index in [1.807, 2.05) is 35.6 Å². The molecule has 4 heteroatoms. The highest BCUT2D eigenvalue weighted by Crippen LogP contribution is 2.27. The van der Waals surface area contributed by atoms with Crippen molar-refractivity contribution in [2.45, 2.75) is 6.92 Å². The lowest BCUT2D eigenvalue weighted by atomic mass is 10.2. The van der Waals surface area contributed by atoms with E-state index in [0.29, 0.717) is 5.82 Å². The highest BCUT2D eigenvalue weighted by atomic mass is 16.3. The fourth-order valence-corrected chi connectivity index (χ4v) is 1.89. The molecule has 0 fully saturated rings. The van der Waals surface area contributed by atoms with E-state index in [1.54, 1.807) is 12.5 Å². The van der Waals surface area contributed by atoms with Gasteiger partial charge in [-0.3, -0.25) is 4.40 Å². The lowest BCUT2D eigenvalue weighted by Crippen LogP contribution is -1.96. The fourth-order valence-electron chi connectivity index (χ4n) is 1.89. The SMILES string of the molecule is Cc1cccc2nc(-c3ccoc3)c(N)n12. The molecule has 3 rings (SSSR count). The first-order valence-corrected chi connectivity index (χ1v) is 5.03. The zero-order valence-electron chi connectivity index (χ0n) is 8.84. The molecule has 0 radical (unpaired) electrons. The third-order valence-electron chi connectivity index (χ3n) is 2.67. The number of imidazole rings is 1. The lowest BCUT2D eigenvalue weighted by Gasteiger charge is -2.00. The number of nitrogen functional groups attached to an aromatic ring is 1. The van der Waals surface area contributed by atoms with Crippen LogP contribution in [-0.4, -0.2) is 9.38 Å². The minimum atomic E-state index is 0.648. The van der Waals surface area contributed by atoms with Gasteiger partial charge in [0.15, 0.2) is 0 Å². The summed E-state index contributed by atoms with van der Waals surface area (Å²) in [5.41, 5.74) is 9.68. The molecular weight excluding hydrogens is 202 g/mol. The first-order valence-electron chi connectivity index (χ1n) is 5.03. The van der Waals surface area contributed by atoms with E-state index in [1.165, 1.54) is 0 Å². The highest BCUT2D eigenvalue weighted by Gasteiger charge is 2.12. The summed E-state index contributed by atoms with van der Waals surface area (Å²) in [6.07, 6.45) is 3.26. The molecule has 3 aromatic heterocycles. The zero-order valence-corrected chi connectivity index (χ0v) is 8.84. The number of furan rings is 1. The van der Waals surface area contributed by atoms with Gasteiger partial charge < -0.3 is 10.2 Å². The van der Waals surface area contributed by atoms with Crippen LogP contribution in [0, 0.1) is 6.92 Å². The predicted molar refractivity (Wildman–Crippen MR) is 62.0 cm³/mol. The second kappa shape index (κ2) is 3.13. The van der Waals surface area contributed by atoms with Crippen LogP contribution in [0.3, 0.4) is 0 Å². The molecule has 0 unspecified atom stereocenters. The van der Waals surface area contributed by atoms with E-state index in [9.17, 15) is 0 Å². The number of hydrogen-bond donors (Lipinski definition) is 1. The number of nitrogens with zero attached hydrogens (tertiary/aromatic N) is 2. The van der Waals surface area contributed by atoms with Gasteiger partial charge in [-0.1, -0.05) is 6.07 Å². The Morgan fingerprint density at radius 2 is 2.19 bits per heavy atom. The summed E-state index contributed by atoms with van der Waals surface area (Å²) in [5.74, 6) is 0.648. The Bertz CT molecular complexity index is 638. The van der Waals surface area contributed by atoms with Crippen molar-refractivity contribution >= 4 is 11.5 Å². The monoisotopic (exact) mass is 213 g/mol. The van der Waals surface area contributed by atoms with Gasteiger partial charge in [0, 0.05) is 11.3 Å². The Morgan fingerprint density at radius 3 is 2.88 bits per heavy atom. The molecular formula is C12H11N3O. The number of pyridine rings is 1. The van der Waals surface area contributed by atoms with E-state index in [0.717, 1.165) is 22.6 Å². The van der Waals surface area contributed by atoms with Gasteiger partial charge in [-0.2, -0.15) is 0 Å². The van der Waals surface area contributed by atoms with Crippen LogP contribution in [0.25, 0.3) is 16.9 Å². The smallest absolute Gasteiger partial charge is 0.139 e. The van der Waals surface area contributed by atoms with Crippen LogP contribution in [0.15, 0.2) is 41.2 Å². The van der Waals surface area contributed by atoms with Crippen LogP contribution in [0.1, 0.15) is 5.69 Å². The van der Waals surface area contributed by atoms with E-state index >= 15 is 0 Å². The van der Waals surface area contributed by atoms with Gasteiger partial charge in [0.25, 0.3) is 0 Å². The molecule has 0 aliphatic carbocycles. The van der Waals surface area contributed by atoms with E-state index in [2.05, 4.69) is 4.98 Å². The van der Waals surface area contributed by atoms with Crippen molar-refractivity contribution in [3.63, 3.8) is 0 Å². The van der Waals surface area contributed by atoms with Gasteiger partial charge in [0.2, 0.25) is 0 Å². The third kappa shape index (κ3) is 1.13. The number of aromatic nitrogens is 2. The van der Waals surface area contributed by atoms with Gasteiger partial charge in [-0.25, -0.2) is 4.98 Å². The van der Waals surface area contributed by atoms with E-state index in [4.69, 9.17) is 10.2 Å². The average molecular weight is 213 g/mol. The molecule has 3 heterocycles. The first kappa shape index (κ1) is 9.03. The van der Waals surface area contributed by atoms with Crippen LogP contribution >= 0.6 is 0 Å². The lowest BCUT2D eigenvalue weighted by molar-refractivity contribution is 0.568. The molecule has 0 saturated carbocycles. The predicted octanol–water partition coefficient (Wildman–Crippen LogP) is 2.48. The van der Waals surface area contributed by atoms with Crippen LogP contribution < -0.4 is 5.73 Å². The molecule has 0 amide bonds. The zero-order chi connectivity index (χ0) is 11.1. The van der Waals surface area contributed by atoms with E-state index in [-0.39, 0.29) is 0 Å². The number of nitrogens with two attached hydrogens (primary N) is 1. The summed E-state index contributed by atoms with van der Waals surface area (Å²) in [6.45, 7) is 2.00. The summed E-state index contributed by atoms with van der Waals surface area (Å²) in [4.78, 5) is 4.49. The van der Waals surface area contributed by atoms with Crippen LogP contribution in [0.5, 0.6) is 0 Å². The van der Waals surface area contributed by atoms with Crippen molar-refractivity contribution in [1.82, 2.24) is 9.38 Å². The minimum Gasteiger partial charge on any atom is -0.472 e. The summed E-state index contributed by atoms with van der Waals surface area (Å²) >= 11 is 0. The number of anilines is 1. The van der Waals surface area contributed by atoms with Gasteiger partial charge in [-0.15, -0.1) is 0 Å². The van der Waals surface area contributed by atoms with Crippen molar-refractivity contribution in [1.29, 1.82) is 0 Å². The van der Waals surface area contributed by atoms with Crippen molar-refractivity contribution in [3.05, 3.63) is 42.5 Å². The number of fused-ring (bicyclic) bond motifs is 1. The summed E-state index contributed by atoms with van der Waals surface area (Å²) < 4.78 is 6.98. The minimum absolute atomic E-state index is 0.648. The van der Waals surface area contributed by atoms with Crippen molar-refractivity contribution < 1.29 is 4.42 Å². The third-order valence-corrected chi connectivity index (χ3v) is 2.67. The first-order chi connectivity index (χ1) is 7.77. The summed E-state index contributed by atoms with van der Waals surface area (Å²) in [7, 11) is 0. The Kier molecular flexibility index (Phi) is 1.77. The number of rotatable bonds is 1. The maximum atomic E-state index is 6.09. The molecule has 0 aliphatic heterocycles. The van der Waals surface area contributed by atoms with Crippen molar-refractivity contribution in [3.8, 4) is 11.3 Å². The molecule has 80 valence electrons. The molecule has 4 nitrogen and oxygen atoms in total. The molecule has 2 N–H and O–H groups in total. The van der Waals surface area contributed by atoms with Gasteiger partial charge in [0.1, 0.15) is 17.2 Å². The van der Waals surface area contributed by atoms with Crippen LogP contribution in [0.2, 0.25) is 0 Å². The van der Waals surface area contributed by atoms with Gasteiger partial charge >= 0.3 is 0 Å². The number of hydrogen-bond acceptors (Lipinski definition) is 3. The van der Waals surface area contributed by atoms with Crippen molar-refractivity contribution in [2.75, 3.05) is 5.73 Å². The standard InChI is InChI=1S/C12H11N3O/c1-8-3-2-4-10-14-11(12(13)15(8)10)9-5-6-16-7-9/h2-7H,13H2,1H3. The fraction of sp³-hybridized carbons (Fsp3) is 0.0833. The van der Waals surface area contributed by atoms with E-state index < -0.39 is 0 Å². The highest BCUT2D eigenvalue weighted by molar-refractivity contribution is 5.74. The Morgan fingerprint density at radius 1 is 1.31 bits per heavy atom. The summed E-state index contributed by atoms with van der Waals surface area (Å²) in [6, 6.07) is 7.76. The van der Waals surface area contributed by atoms with Crippen molar-refractivity contribution in [2.24, 2.45) is 0 Å². The largest absolute Gasteiger partial charge is 0.472 e.